The molecule has 0 unspecified atom stereocenters. The molecule has 0 saturated carbocycles. The molecule has 0 aliphatic carbocycles. The first-order valence-corrected chi connectivity index (χ1v) is 9.13. The quantitative estimate of drug-likeness (QED) is 0.604. The summed E-state index contributed by atoms with van der Waals surface area (Å²) < 4.78 is 11.3. The molecule has 0 radical (unpaired) electrons. The third kappa shape index (κ3) is 3.78. The Kier molecular flexibility index (Phi) is 5.03. The average Bonchev–Trinajstić information content (AvgIpc) is 3.30. The van der Waals surface area contributed by atoms with Crippen LogP contribution in [0.4, 0.5) is 0 Å². The van der Waals surface area contributed by atoms with Crippen molar-refractivity contribution >= 4 is 11.9 Å². The van der Waals surface area contributed by atoms with Crippen LogP contribution in [0.15, 0.2) is 72.3 Å². The van der Waals surface area contributed by atoms with Crippen molar-refractivity contribution in [3.63, 3.8) is 0 Å². The Labute approximate surface area is 158 Å². The molecule has 0 N–H and O–H groups in total. The van der Waals surface area contributed by atoms with E-state index in [2.05, 4.69) is 11.0 Å². The minimum absolute atomic E-state index is 0.0127. The smallest absolute Gasteiger partial charge is 0.338 e. The lowest BCUT2D eigenvalue weighted by molar-refractivity contribution is 0.0240. The number of rotatable bonds is 5. The van der Waals surface area contributed by atoms with Crippen molar-refractivity contribution in [3.05, 3.63) is 83.4 Å². The second-order valence-corrected chi connectivity index (χ2v) is 6.76. The zero-order chi connectivity index (χ0) is 18.6. The van der Waals surface area contributed by atoms with Gasteiger partial charge in [0.25, 0.3) is 0 Å². The van der Waals surface area contributed by atoms with Gasteiger partial charge in [-0.05, 0) is 36.3 Å². The molecule has 4 rings (SSSR count). The first kappa shape index (κ1) is 17.5. The molecule has 138 valence electrons. The van der Waals surface area contributed by atoms with Crippen molar-refractivity contribution in [2.24, 2.45) is 0 Å². The maximum Gasteiger partial charge on any atom is 0.338 e. The highest BCUT2D eigenvalue weighted by Crippen LogP contribution is 2.31. The monoisotopic (exact) mass is 363 g/mol. The van der Waals surface area contributed by atoms with Crippen LogP contribution in [0.1, 0.15) is 27.1 Å². The van der Waals surface area contributed by atoms with Crippen molar-refractivity contribution in [2.45, 2.75) is 18.6 Å². The number of carbonyl (C=O) groups is 2. The van der Waals surface area contributed by atoms with Gasteiger partial charge in [-0.15, -0.1) is 0 Å². The summed E-state index contributed by atoms with van der Waals surface area (Å²) in [6.45, 7) is 1.88. The van der Waals surface area contributed by atoms with E-state index in [-0.39, 0.29) is 30.7 Å². The van der Waals surface area contributed by atoms with Crippen LogP contribution in [0.5, 0.6) is 0 Å². The number of fused-ring (bicyclic) bond motifs is 1. The van der Waals surface area contributed by atoms with E-state index in [4.69, 9.17) is 9.47 Å². The van der Waals surface area contributed by atoms with E-state index in [0.29, 0.717) is 11.1 Å². The highest BCUT2D eigenvalue weighted by Gasteiger charge is 2.42. The van der Waals surface area contributed by atoms with Gasteiger partial charge in [-0.25, -0.2) is 9.59 Å². The Balaban J connectivity index is 1.38. The van der Waals surface area contributed by atoms with Crippen LogP contribution < -0.4 is 0 Å². The van der Waals surface area contributed by atoms with E-state index < -0.39 is 0 Å². The molecule has 0 bridgehead atoms. The molecule has 0 amide bonds. The molecule has 2 atom stereocenters. The molecule has 5 heteroatoms. The summed E-state index contributed by atoms with van der Waals surface area (Å²) in [6, 6.07) is 17.9. The molecule has 0 spiro atoms. The predicted octanol–water partition coefficient (Wildman–Crippen LogP) is 3.08. The van der Waals surface area contributed by atoms with Gasteiger partial charge < -0.3 is 9.47 Å². The van der Waals surface area contributed by atoms with Crippen molar-refractivity contribution in [2.75, 3.05) is 19.7 Å². The first-order valence-electron chi connectivity index (χ1n) is 9.13. The maximum absolute atomic E-state index is 12.4. The lowest BCUT2D eigenvalue weighted by Gasteiger charge is -2.24. The van der Waals surface area contributed by atoms with Crippen molar-refractivity contribution in [1.82, 2.24) is 4.90 Å². The van der Waals surface area contributed by atoms with Crippen LogP contribution in [-0.4, -0.2) is 48.7 Å². The second kappa shape index (κ2) is 7.76. The summed E-state index contributed by atoms with van der Waals surface area (Å²) in [5.74, 6) is -0.652. The lowest BCUT2D eigenvalue weighted by Crippen LogP contribution is -2.36. The number of nitrogens with zero attached hydrogens (tertiary/aromatic N) is 1. The Morgan fingerprint density at radius 3 is 2.22 bits per heavy atom. The average molecular weight is 363 g/mol. The normalized spacial score (nSPS) is 21.4. The number of hydrogen-bond donors (Lipinski definition) is 0. The van der Waals surface area contributed by atoms with E-state index >= 15 is 0 Å². The van der Waals surface area contributed by atoms with E-state index in [0.717, 1.165) is 25.1 Å². The van der Waals surface area contributed by atoms with Crippen LogP contribution >= 0.6 is 0 Å². The van der Waals surface area contributed by atoms with Gasteiger partial charge in [0.1, 0.15) is 12.7 Å². The largest absolute Gasteiger partial charge is 0.458 e. The summed E-state index contributed by atoms with van der Waals surface area (Å²) in [4.78, 5) is 26.8. The summed E-state index contributed by atoms with van der Waals surface area (Å²) in [7, 11) is 0. The first-order chi connectivity index (χ1) is 13.2. The fourth-order valence-electron chi connectivity index (χ4n) is 3.71. The number of benzene rings is 2. The molecule has 1 fully saturated rings. The topological polar surface area (TPSA) is 55.8 Å². The standard InChI is InChI=1S/C22H21NO4/c24-21(16-7-3-1-4-8-16)26-15-18-11-13-23-14-12-19(20(18)23)27-22(25)17-9-5-2-6-10-17/h1-11,19-20H,12-15H2/t19-,20-/m1/s1. The molecule has 2 aliphatic heterocycles. The molecule has 1 saturated heterocycles. The fraction of sp³-hybridized carbons (Fsp3) is 0.273. The van der Waals surface area contributed by atoms with Gasteiger partial charge in [0.2, 0.25) is 0 Å². The van der Waals surface area contributed by atoms with E-state index in [1.165, 1.54) is 0 Å². The van der Waals surface area contributed by atoms with Crippen LogP contribution in [0.3, 0.4) is 0 Å². The molecule has 27 heavy (non-hydrogen) atoms. The van der Waals surface area contributed by atoms with Crippen LogP contribution in [0.2, 0.25) is 0 Å². The summed E-state index contributed by atoms with van der Waals surface area (Å²) in [5.41, 5.74) is 2.09. The van der Waals surface area contributed by atoms with Crippen molar-refractivity contribution in [1.29, 1.82) is 0 Å². The zero-order valence-corrected chi connectivity index (χ0v) is 14.9. The third-order valence-electron chi connectivity index (χ3n) is 5.06. The van der Waals surface area contributed by atoms with E-state index in [9.17, 15) is 9.59 Å². The second-order valence-electron chi connectivity index (χ2n) is 6.76. The van der Waals surface area contributed by atoms with Gasteiger partial charge in [-0.1, -0.05) is 42.5 Å². The molecule has 2 aromatic rings. The Morgan fingerprint density at radius 2 is 1.56 bits per heavy atom. The van der Waals surface area contributed by atoms with Crippen LogP contribution in [0.25, 0.3) is 0 Å². The highest BCUT2D eigenvalue weighted by molar-refractivity contribution is 5.90. The van der Waals surface area contributed by atoms with Gasteiger partial charge in [-0.2, -0.15) is 0 Å². The molecular weight excluding hydrogens is 342 g/mol. The van der Waals surface area contributed by atoms with Crippen molar-refractivity contribution < 1.29 is 19.1 Å². The Hall–Kier alpha value is -2.92. The van der Waals surface area contributed by atoms with E-state index in [1.54, 1.807) is 24.3 Å². The number of ether oxygens (including phenoxy) is 2. The summed E-state index contributed by atoms with van der Waals surface area (Å²) >= 11 is 0. The van der Waals surface area contributed by atoms with E-state index in [1.807, 2.05) is 36.4 Å². The summed E-state index contributed by atoms with van der Waals surface area (Å²) in [6.07, 6.45) is 2.64. The lowest BCUT2D eigenvalue weighted by atomic mass is 10.0. The third-order valence-corrected chi connectivity index (χ3v) is 5.06. The van der Waals surface area contributed by atoms with Gasteiger partial charge in [0, 0.05) is 13.1 Å². The molecule has 2 heterocycles. The highest BCUT2D eigenvalue weighted by atomic mass is 16.5. The van der Waals surface area contributed by atoms with Gasteiger partial charge in [0.05, 0.1) is 17.2 Å². The van der Waals surface area contributed by atoms with Gasteiger partial charge in [0.15, 0.2) is 0 Å². The summed E-state index contributed by atoms with van der Waals surface area (Å²) in [5, 5.41) is 0. The molecular formula is C22H21NO4. The molecule has 2 aromatic carbocycles. The van der Waals surface area contributed by atoms with Crippen LogP contribution in [0, 0.1) is 0 Å². The van der Waals surface area contributed by atoms with Crippen molar-refractivity contribution in [3.8, 4) is 0 Å². The molecule has 5 nitrogen and oxygen atoms in total. The minimum atomic E-state index is -0.342. The van der Waals surface area contributed by atoms with Gasteiger partial charge >= 0.3 is 11.9 Å². The Bertz CT molecular complexity index is 847. The minimum Gasteiger partial charge on any atom is -0.458 e. The SMILES string of the molecule is O=C(OCC1=CCN2CC[C@@H](OC(=O)c3ccccc3)[C@@H]12)c1ccccc1. The number of hydrogen-bond acceptors (Lipinski definition) is 5. The molecule has 2 aliphatic rings. The fourth-order valence-corrected chi connectivity index (χ4v) is 3.71. The number of esters is 2. The predicted molar refractivity (Wildman–Crippen MR) is 100 cm³/mol. The zero-order valence-electron chi connectivity index (χ0n) is 14.9. The van der Waals surface area contributed by atoms with Crippen LogP contribution in [-0.2, 0) is 9.47 Å². The maximum atomic E-state index is 12.4. The van der Waals surface area contributed by atoms with Gasteiger partial charge in [-0.3, -0.25) is 4.90 Å². The number of carbonyl (C=O) groups excluding carboxylic acids is 2. The molecule has 0 aromatic heterocycles. The Morgan fingerprint density at radius 1 is 0.926 bits per heavy atom.